The fraction of sp³-hybridized carbons (Fsp3) is 0.600. The van der Waals surface area contributed by atoms with E-state index < -0.39 is 18.7 Å². The molecule has 0 aliphatic heterocycles. The molecule has 0 aliphatic carbocycles. The molecule has 0 atom stereocenters. The maximum Gasteiger partial charge on any atom is 0.455 e. The van der Waals surface area contributed by atoms with Gasteiger partial charge < -0.3 is 10.1 Å². The molecule has 0 aromatic carbocycles. The van der Waals surface area contributed by atoms with E-state index in [0.717, 1.165) is 4.88 Å². The number of alkyl halides is 5. The molecule has 2 nitrogen and oxygen atoms in total. The third kappa shape index (κ3) is 4.18. The first kappa shape index (κ1) is 15.3. The van der Waals surface area contributed by atoms with E-state index in [0.29, 0.717) is 11.4 Å². The highest BCUT2D eigenvalue weighted by atomic mass is 32.1. The average Bonchev–Trinajstić information content (AvgIpc) is 2.64. The second-order valence-electron chi connectivity index (χ2n) is 3.59. The average molecular weight is 289 g/mol. The highest BCUT2D eigenvalue weighted by molar-refractivity contribution is 7.11. The Morgan fingerprint density at radius 1 is 1.17 bits per heavy atom. The second-order valence-corrected chi connectivity index (χ2v) is 4.85. The zero-order valence-electron chi connectivity index (χ0n) is 9.48. The lowest BCUT2D eigenvalue weighted by atomic mass is 10.3. The fourth-order valence-electron chi connectivity index (χ4n) is 1.13. The minimum atomic E-state index is -5.57. The second kappa shape index (κ2) is 5.94. The Balaban J connectivity index is 2.41. The molecule has 1 aromatic heterocycles. The summed E-state index contributed by atoms with van der Waals surface area (Å²) in [5, 5.41) is 2.90. The van der Waals surface area contributed by atoms with Gasteiger partial charge in [-0.3, -0.25) is 0 Å². The van der Waals surface area contributed by atoms with Gasteiger partial charge in [0.1, 0.15) is 6.61 Å². The minimum Gasteiger partial charge on any atom is -0.369 e. The molecular weight excluding hydrogens is 277 g/mol. The highest BCUT2D eigenvalue weighted by Gasteiger charge is 2.57. The molecule has 0 spiro atoms. The van der Waals surface area contributed by atoms with Gasteiger partial charge in [-0.25, -0.2) is 0 Å². The van der Waals surface area contributed by atoms with Crippen LogP contribution in [0.5, 0.6) is 0 Å². The molecule has 18 heavy (non-hydrogen) atoms. The van der Waals surface area contributed by atoms with Crippen molar-refractivity contribution >= 4 is 11.3 Å². The number of hydrogen-bond acceptors (Lipinski definition) is 3. The van der Waals surface area contributed by atoms with Crippen LogP contribution in [0.4, 0.5) is 22.0 Å². The lowest BCUT2D eigenvalue weighted by Crippen LogP contribution is -2.40. The van der Waals surface area contributed by atoms with Gasteiger partial charge in [0.25, 0.3) is 0 Å². The first-order chi connectivity index (χ1) is 8.26. The SMILES string of the molecule is CNCc1ccc(COCC(F)(F)C(F)(F)F)s1. The monoisotopic (exact) mass is 289 g/mol. The van der Waals surface area contributed by atoms with E-state index in [1.54, 1.807) is 19.2 Å². The van der Waals surface area contributed by atoms with E-state index in [1.165, 1.54) is 11.3 Å². The van der Waals surface area contributed by atoms with Gasteiger partial charge in [0.2, 0.25) is 0 Å². The molecule has 0 radical (unpaired) electrons. The van der Waals surface area contributed by atoms with Crippen molar-refractivity contribution in [3.05, 3.63) is 21.9 Å². The largest absolute Gasteiger partial charge is 0.455 e. The minimum absolute atomic E-state index is 0.250. The van der Waals surface area contributed by atoms with Crippen LogP contribution in [-0.2, 0) is 17.9 Å². The lowest BCUT2D eigenvalue weighted by Gasteiger charge is -2.18. The normalized spacial score (nSPS) is 13.0. The number of thiophene rings is 1. The van der Waals surface area contributed by atoms with Gasteiger partial charge >= 0.3 is 12.1 Å². The van der Waals surface area contributed by atoms with Crippen LogP contribution in [0.25, 0.3) is 0 Å². The summed E-state index contributed by atoms with van der Waals surface area (Å²) >= 11 is 1.30. The highest BCUT2D eigenvalue weighted by Crippen LogP contribution is 2.35. The van der Waals surface area contributed by atoms with Crippen LogP contribution in [0.1, 0.15) is 9.75 Å². The van der Waals surface area contributed by atoms with Crippen molar-refractivity contribution < 1.29 is 26.7 Å². The number of nitrogens with one attached hydrogen (secondary N) is 1. The molecule has 104 valence electrons. The standard InChI is InChI=1S/C10H12F5NOS/c1-16-4-7-2-3-8(18-7)5-17-6-9(11,12)10(13,14)15/h2-3,16H,4-6H2,1H3. The molecule has 1 heterocycles. The van der Waals surface area contributed by atoms with Gasteiger partial charge in [-0.2, -0.15) is 22.0 Å². The Kier molecular flexibility index (Phi) is 5.06. The summed E-state index contributed by atoms with van der Waals surface area (Å²) in [7, 11) is 1.75. The van der Waals surface area contributed by atoms with Gasteiger partial charge in [-0.05, 0) is 19.2 Å². The molecule has 0 unspecified atom stereocenters. The van der Waals surface area contributed by atoms with Crippen LogP contribution < -0.4 is 5.32 Å². The Hall–Kier alpha value is -0.730. The van der Waals surface area contributed by atoms with E-state index in [-0.39, 0.29) is 6.61 Å². The van der Waals surface area contributed by atoms with Crippen molar-refractivity contribution in [2.24, 2.45) is 0 Å². The Morgan fingerprint density at radius 2 is 1.78 bits per heavy atom. The van der Waals surface area contributed by atoms with E-state index >= 15 is 0 Å². The molecular formula is C10H12F5NOS. The summed E-state index contributed by atoms with van der Waals surface area (Å²) in [5.41, 5.74) is 0. The lowest BCUT2D eigenvalue weighted by molar-refractivity contribution is -0.297. The molecule has 0 fully saturated rings. The predicted octanol–water partition coefficient (Wildman–Crippen LogP) is 3.18. The van der Waals surface area contributed by atoms with Crippen LogP contribution in [0, 0.1) is 0 Å². The number of halogens is 5. The molecule has 0 amide bonds. The Labute approximate surface area is 105 Å². The van der Waals surface area contributed by atoms with Gasteiger partial charge in [0.05, 0.1) is 6.61 Å². The fourth-order valence-corrected chi connectivity index (χ4v) is 2.10. The quantitative estimate of drug-likeness (QED) is 0.812. The molecule has 0 saturated carbocycles. The van der Waals surface area contributed by atoms with Crippen LogP contribution in [0.3, 0.4) is 0 Å². The van der Waals surface area contributed by atoms with Crippen molar-refractivity contribution in [3.8, 4) is 0 Å². The predicted molar refractivity (Wildman–Crippen MR) is 57.7 cm³/mol. The van der Waals surface area contributed by atoms with Gasteiger partial charge in [0, 0.05) is 16.3 Å². The van der Waals surface area contributed by atoms with Gasteiger partial charge in [-0.1, -0.05) is 0 Å². The van der Waals surface area contributed by atoms with E-state index in [9.17, 15) is 22.0 Å². The summed E-state index contributed by atoms with van der Waals surface area (Å²) in [6, 6.07) is 3.41. The topological polar surface area (TPSA) is 21.3 Å². The number of hydrogen-bond donors (Lipinski definition) is 1. The maximum absolute atomic E-state index is 12.5. The Morgan fingerprint density at radius 3 is 2.33 bits per heavy atom. The summed E-state index contributed by atoms with van der Waals surface area (Å²) < 4.78 is 64.9. The molecule has 1 N–H and O–H groups in total. The zero-order valence-corrected chi connectivity index (χ0v) is 10.3. The molecule has 1 rings (SSSR count). The summed E-state index contributed by atoms with van der Waals surface area (Å²) in [4.78, 5) is 1.57. The first-order valence-corrected chi connectivity index (χ1v) is 5.82. The van der Waals surface area contributed by atoms with Crippen molar-refractivity contribution in [2.75, 3.05) is 13.7 Å². The summed E-state index contributed by atoms with van der Waals surface area (Å²) in [6.45, 7) is -1.29. The van der Waals surface area contributed by atoms with E-state index in [4.69, 9.17) is 0 Å². The van der Waals surface area contributed by atoms with Gasteiger partial charge in [0.15, 0.2) is 0 Å². The summed E-state index contributed by atoms with van der Waals surface area (Å²) in [5.74, 6) is -4.81. The number of ether oxygens (including phenoxy) is 1. The first-order valence-electron chi connectivity index (χ1n) is 5.01. The third-order valence-corrected chi connectivity index (χ3v) is 3.07. The molecule has 0 saturated heterocycles. The van der Waals surface area contributed by atoms with Crippen molar-refractivity contribution in [1.29, 1.82) is 0 Å². The van der Waals surface area contributed by atoms with Gasteiger partial charge in [-0.15, -0.1) is 11.3 Å². The molecule has 0 bridgehead atoms. The van der Waals surface area contributed by atoms with E-state index in [1.807, 2.05) is 0 Å². The van der Waals surface area contributed by atoms with Crippen molar-refractivity contribution in [1.82, 2.24) is 5.32 Å². The molecule has 1 aromatic rings. The maximum atomic E-state index is 12.5. The van der Waals surface area contributed by atoms with Crippen LogP contribution in [-0.4, -0.2) is 25.8 Å². The Bertz CT molecular complexity index is 377. The number of rotatable bonds is 6. The van der Waals surface area contributed by atoms with Crippen LogP contribution in [0.2, 0.25) is 0 Å². The zero-order chi connectivity index (χ0) is 13.8. The van der Waals surface area contributed by atoms with Crippen LogP contribution >= 0.6 is 11.3 Å². The summed E-state index contributed by atoms with van der Waals surface area (Å²) in [6.07, 6.45) is -5.57. The van der Waals surface area contributed by atoms with E-state index in [2.05, 4.69) is 10.1 Å². The van der Waals surface area contributed by atoms with Crippen LogP contribution in [0.15, 0.2) is 12.1 Å². The molecule has 0 aliphatic rings. The van der Waals surface area contributed by atoms with Crippen molar-refractivity contribution in [2.45, 2.75) is 25.3 Å². The third-order valence-electron chi connectivity index (χ3n) is 2.01. The molecule has 8 heteroatoms. The van der Waals surface area contributed by atoms with Crippen molar-refractivity contribution in [3.63, 3.8) is 0 Å². The smallest absolute Gasteiger partial charge is 0.369 e.